The first kappa shape index (κ1) is 54.8. The number of benzene rings is 2. The van der Waals surface area contributed by atoms with E-state index >= 15 is 8.78 Å². The Morgan fingerprint density at radius 2 is 1.59 bits per heavy atom. The average Bonchev–Trinajstić information content (AvgIpc) is 3.74. The number of sulfonamides is 1. The number of amides is 2. The molecule has 394 valence electrons. The molecule has 5 aromatic rings. The van der Waals surface area contributed by atoms with Crippen LogP contribution in [0.3, 0.4) is 0 Å². The van der Waals surface area contributed by atoms with E-state index in [1.165, 1.54) is 40.8 Å². The second kappa shape index (κ2) is 18.7. The van der Waals surface area contributed by atoms with E-state index in [1.807, 2.05) is 4.72 Å². The van der Waals surface area contributed by atoms with Crippen LogP contribution < -0.4 is 10.0 Å². The van der Waals surface area contributed by atoms with Crippen LogP contribution in [0, 0.1) is 29.4 Å². The highest BCUT2D eigenvalue weighted by molar-refractivity contribution is 7.93. The lowest BCUT2D eigenvalue weighted by Crippen LogP contribution is -2.42. The Morgan fingerprint density at radius 3 is 2.18 bits per heavy atom. The van der Waals surface area contributed by atoms with Crippen molar-refractivity contribution in [3.63, 3.8) is 0 Å². The number of carbonyl (C=O) groups is 2. The zero-order valence-electron chi connectivity index (χ0n) is 39.1. The highest BCUT2D eigenvalue weighted by Crippen LogP contribution is 2.68. The van der Waals surface area contributed by atoms with Gasteiger partial charge in [0.05, 0.1) is 33.3 Å². The first-order chi connectivity index (χ1) is 33.4. The average molecular weight is 1100 g/mol. The van der Waals surface area contributed by atoms with Crippen LogP contribution in [0.15, 0.2) is 42.5 Å². The lowest BCUT2D eigenvalue weighted by molar-refractivity contribution is -0.142. The number of fused-ring (bicyclic) bond motifs is 4. The third-order valence-electron chi connectivity index (χ3n) is 11.9. The number of hydrogen-bond donors (Lipinski definition) is 3. The summed E-state index contributed by atoms with van der Waals surface area (Å²) in [5.41, 5.74) is -7.15. The fourth-order valence-electron chi connectivity index (χ4n) is 8.47. The zero-order valence-corrected chi connectivity index (χ0v) is 41.5. The van der Waals surface area contributed by atoms with Crippen molar-refractivity contribution < 1.29 is 75.4 Å². The van der Waals surface area contributed by atoms with E-state index in [0.717, 1.165) is 41.5 Å². The zero-order chi connectivity index (χ0) is 54.3. The quantitative estimate of drug-likeness (QED) is 0.0709. The summed E-state index contributed by atoms with van der Waals surface area (Å²) < 4.78 is 200. The highest BCUT2D eigenvalue weighted by atomic mass is 35.5. The number of rotatable bonds is 15. The number of aromatic nitrogens is 5. The van der Waals surface area contributed by atoms with Crippen molar-refractivity contribution in [1.29, 1.82) is 0 Å². The van der Waals surface area contributed by atoms with E-state index in [4.69, 9.17) is 11.6 Å². The molecule has 3 aromatic heterocycles. The van der Waals surface area contributed by atoms with Crippen LogP contribution >= 0.6 is 11.6 Å². The molecule has 1 fully saturated rings. The Hall–Kier alpha value is -5.98. The standard InChI is InChI=1S/C45H43ClF10N8O7S2/c1-41(2,67)20-62(5)33(66)19-73(70,71)61-40-35-30(46)10-9-27(37(35)64(60-40)21-43(49,50)51)26-8-7-25(11-12-42(3,4)72(6,68)69)57-36(26)31(15-22-13-23(47)16-24(48)14-22)58-32(65)18-63-39-34(38(59-63)45(54,55)56)28-17-29(28)44(39,52)53/h7-10,13-14,16,28-29,31,67H,15,17-21H2,1-6H3,(H,58,65)(H,60,61)/t28-,29+,31-/m0/s1. The lowest BCUT2D eigenvalue weighted by atomic mass is 9.93. The summed E-state index contributed by atoms with van der Waals surface area (Å²) in [6.45, 7) is 1.62. The van der Waals surface area contributed by atoms with Crippen LogP contribution in [-0.2, 0) is 61.1 Å². The number of nitrogens with zero attached hydrogens (tertiary/aromatic N) is 6. The number of carbonyl (C=O) groups excluding carboxylic acids is 2. The Balaban J connectivity index is 1.43. The second-order valence-electron chi connectivity index (χ2n) is 19.0. The van der Waals surface area contributed by atoms with E-state index in [1.54, 1.807) is 0 Å². The summed E-state index contributed by atoms with van der Waals surface area (Å²) >= 11 is 6.58. The number of sulfone groups is 1. The van der Waals surface area contributed by atoms with Crippen molar-refractivity contribution in [2.24, 2.45) is 5.92 Å². The van der Waals surface area contributed by atoms with Crippen molar-refractivity contribution in [3.8, 4) is 23.0 Å². The van der Waals surface area contributed by atoms with Gasteiger partial charge < -0.3 is 15.3 Å². The third-order valence-corrected chi connectivity index (χ3v) is 15.3. The Labute approximate surface area is 415 Å². The molecule has 0 unspecified atom stereocenters. The largest absolute Gasteiger partial charge is 0.435 e. The van der Waals surface area contributed by atoms with Gasteiger partial charge in [-0.15, -0.1) is 0 Å². The molecule has 73 heavy (non-hydrogen) atoms. The number of hydrogen-bond acceptors (Lipinski definition) is 10. The molecule has 2 aliphatic carbocycles. The summed E-state index contributed by atoms with van der Waals surface area (Å²) in [5.74, 6) is -8.18. The maximum atomic E-state index is 15.6. The van der Waals surface area contributed by atoms with Crippen molar-refractivity contribution in [3.05, 3.63) is 93.0 Å². The van der Waals surface area contributed by atoms with E-state index in [-0.39, 0.29) is 40.0 Å². The van der Waals surface area contributed by atoms with Crippen molar-refractivity contribution in [1.82, 2.24) is 34.8 Å². The summed E-state index contributed by atoms with van der Waals surface area (Å²) in [5, 5.41) is 18.9. The smallest absolute Gasteiger partial charge is 0.389 e. The molecule has 3 N–H and O–H groups in total. The van der Waals surface area contributed by atoms with Crippen LogP contribution in [0.25, 0.3) is 22.0 Å². The number of alkyl halides is 8. The van der Waals surface area contributed by atoms with Crippen molar-refractivity contribution >= 4 is 60.0 Å². The Bertz CT molecular complexity index is 3340. The maximum Gasteiger partial charge on any atom is 0.435 e. The van der Waals surface area contributed by atoms with Crippen molar-refractivity contribution in [2.45, 2.75) is 94.2 Å². The Morgan fingerprint density at radius 1 is 0.959 bits per heavy atom. The van der Waals surface area contributed by atoms with Gasteiger partial charge >= 0.3 is 12.4 Å². The van der Waals surface area contributed by atoms with Gasteiger partial charge in [0.2, 0.25) is 21.8 Å². The first-order valence-corrected chi connectivity index (χ1v) is 25.5. The Kier molecular flexibility index (Phi) is 14.1. The van der Waals surface area contributed by atoms with Crippen LogP contribution in [0.4, 0.5) is 49.7 Å². The third kappa shape index (κ3) is 11.9. The minimum absolute atomic E-state index is 0.197. The monoisotopic (exact) mass is 1100 g/mol. The number of pyridine rings is 1. The van der Waals surface area contributed by atoms with Gasteiger partial charge in [0.15, 0.2) is 21.3 Å². The minimum Gasteiger partial charge on any atom is -0.389 e. The molecule has 0 saturated heterocycles. The molecule has 3 heterocycles. The number of aliphatic hydroxyl groups is 1. The molecule has 2 aliphatic rings. The van der Waals surface area contributed by atoms with Crippen LogP contribution in [-0.4, -0.2) is 105 Å². The van der Waals surface area contributed by atoms with E-state index < -0.39 is 159 Å². The SMILES string of the molecule is CN(CC(C)(C)O)C(=O)CS(=O)(=O)Nc1nn(CC(F)(F)F)c2c(-c3ccc(C#CC(C)(C)S(C)(=O)=O)nc3[C@H](Cc3cc(F)cc(F)c3)NC(=O)Cn3nc(C(F)(F)F)c4c3C(F)(F)[C@@H]3C[C@H]43)ccc(Cl)c12. The molecule has 0 bridgehead atoms. The maximum absolute atomic E-state index is 15.6. The predicted octanol–water partition coefficient (Wildman–Crippen LogP) is 7.26. The van der Waals surface area contributed by atoms with Crippen LogP contribution in [0.1, 0.15) is 80.0 Å². The van der Waals surface area contributed by atoms with Gasteiger partial charge in [-0.2, -0.15) is 45.3 Å². The van der Waals surface area contributed by atoms with Gasteiger partial charge in [0.1, 0.15) is 46.6 Å². The van der Waals surface area contributed by atoms with E-state index in [0.29, 0.717) is 10.7 Å². The van der Waals surface area contributed by atoms with Crippen LogP contribution in [0.2, 0.25) is 5.02 Å². The normalized spacial score (nSPS) is 17.1. The van der Waals surface area contributed by atoms with Gasteiger partial charge in [-0.3, -0.25) is 23.7 Å². The first-order valence-electron chi connectivity index (χ1n) is 21.6. The molecule has 15 nitrogen and oxygen atoms in total. The minimum atomic E-state index is -5.22. The molecular weight excluding hydrogens is 1050 g/mol. The molecule has 0 spiro atoms. The fraction of sp³-hybridized carbons (Fsp3) is 0.444. The number of likely N-dealkylation sites (N-methyl/N-ethyl adjacent to an activating group) is 1. The summed E-state index contributed by atoms with van der Waals surface area (Å²) in [6.07, 6.45) is -10.4. The second-order valence-corrected chi connectivity index (χ2v) is 23.7. The molecule has 2 aromatic carbocycles. The van der Waals surface area contributed by atoms with Crippen molar-refractivity contribution in [2.75, 3.05) is 30.3 Å². The number of anilines is 1. The van der Waals surface area contributed by atoms with Gasteiger partial charge in [-0.1, -0.05) is 23.6 Å². The van der Waals surface area contributed by atoms with Gasteiger partial charge in [0.25, 0.3) is 5.92 Å². The summed E-state index contributed by atoms with van der Waals surface area (Å²) in [4.78, 5) is 32.5. The van der Waals surface area contributed by atoms with E-state index in [2.05, 4.69) is 32.3 Å². The van der Waals surface area contributed by atoms with E-state index in [9.17, 15) is 66.7 Å². The van der Waals surface area contributed by atoms with Gasteiger partial charge in [-0.05, 0) is 88.3 Å². The topological polar surface area (TPSA) is 198 Å². The molecule has 28 heteroatoms. The molecule has 1 saturated carbocycles. The highest BCUT2D eigenvalue weighted by Gasteiger charge is 2.68. The van der Waals surface area contributed by atoms with Gasteiger partial charge in [0, 0.05) is 48.5 Å². The number of nitrogens with one attached hydrogen (secondary N) is 2. The fourth-order valence-corrected chi connectivity index (χ4v) is 10.0. The molecule has 0 aliphatic heterocycles. The predicted molar refractivity (Wildman–Crippen MR) is 244 cm³/mol. The summed E-state index contributed by atoms with van der Waals surface area (Å²) in [7, 11) is -7.55. The summed E-state index contributed by atoms with van der Waals surface area (Å²) in [6, 6.07) is 4.90. The molecule has 0 radical (unpaired) electrons. The van der Waals surface area contributed by atoms with Gasteiger partial charge in [-0.25, -0.2) is 30.6 Å². The molecule has 3 atom stereocenters. The molecule has 2 amide bonds. The molecule has 7 rings (SSSR count). The number of halogens is 11. The van der Waals surface area contributed by atoms with Crippen LogP contribution in [0.5, 0.6) is 0 Å². The lowest BCUT2D eigenvalue weighted by Gasteiger charge is -2.25. The molecular formula is C45H43ClF10N8O7S2.